The predicted octanol–water partition coefficient (Wildman–Crippen LogP) is 4.29. The van der Waals surface area contributed by atoms with Crippen LogP contribution in [0.25, 0.3) is 10.9 Å². The van der Waals surface area contributed by atoms with Crippen LogP contribution in [0.1, 0.15) is 32.3 Å². The number of fused-ring (bicyclic) bond motifs is 1. The first-order chi connectivity index (χ1) is 10.2. The number of nitrogens with one attached hydrogen (secondary N) is 2. The van der Waals surface area contributed by atoms with E-state index in [1.807, 2.05) is 0 Å². The molecule has 2 nitrogen and oxygen atoms in total. The summed E-state index contributed by atoms with van der Waals surface area (Å²) in [6.07, 6.45) is 8.29. The van der Waals surface area contributed by atoms with Gasteiger partial charge in [0.25, 0.3) is 0 Å². The number of H-pyrrole nitrogens is 1. The zero-order valence-electron chi connectivity index (χ0n) is 13.2. The van der Waals surface area contributed by atoms with Gasteiger partial charge in [0.05, 0.1) is 0 Å². The quantitative estimate of drug-likeness (QED) is 0.621. The van der Waals surface area contributed by atoms with Crippen molar-refractivity contribution in [2.24, 2.45) is 11.8 Å². The summed E-state index contributed by atoms with van der Waals surface area (Å²) in [5.74, 6) is 1.56. The third-order valence-electron chi connectivity index (χ3n) is 4.56. The fourth-order valence-electron chi connectivity index (χ4n) is 3.71. The Balaban J connectivity index is 1.47. The minimum Gasteiger partial charge on any atom is -0.361 e. The van der Waals surface area contributed by atoms with Gasteiger partial charge in [0, 0.05) is 17.1 Å². The van der Waals surface area contributed by atoms with Gasteiger partial charge in [-0.1, -0.05) is 36.8 Å². The van der Waals surface area contributed by atoms with Crippen LogP contribution < -0.4 is 5.32 Å². The fourth-order valence-corrected chi connectivity index (χ4v) is 3.71. The van der Waals surface area contributed by atoms with E-state index in [1.165, 1.54) is 29.3 Å². The van der Waals surface area contributed by atoms with Crippen molar-refractivity contribution in [2.45, 2.75) is 33.1 Å². The number of hydrogen-bond acceptors (Lipinski definition) is 1. The third kappa shape index (κ3) is 3.56. The van der Waals surface area contributed by atoms with Gasteiger partial charge in [0.1, 0.15) is 0 Å². The summed E-state index contributed by atoms with van der Waals surface area (Å²) in [7, 11) is 0. The first-order valence-electron chi connectivity index (χ1n) is 8.15. The van der Waals surface area contributed by atoms with E-state index in [0.717, 1.165) is 31.3 Å². The molecule has 0 saturated carbocycles. The molecule has 0 saturated heterocycles. The van der Waals surface area contributed by atoms with Gasteiger partial charge < -0.3 is 10.3 Å². The molecule has 3 rings (SSSR count). The van der Waals surface area contributed by atoms with E-state index >= 15 is 0 Å². The van der Waals surface area contributed by atoms with Gasteiger partial charge in [-0.05, 0) is 62.7 Å². The molecule has 1 aromatic carbocycles. The van der Waals surface area contributed by atoms with E-state index in [9.17, 15) is 0 Å². The van der Waals surface area contributed by atoms with Gasteiger partial charge >= 0.3 is 0 Å². The number of benzene rings is 1. The second-order valence-corrected chi connectivity index (χ2v) is 6.61. The molecular weight excluding hydrogens is 256 g/mol. The minimum atomic E-state index is 0.749. The summed E-state index contributed by atoms with van der Waals surface area (Å²) in [4.78, 5) is 3.35. The molecule has 2 unspecified atom stereocenters. The number of aromatic nitrogens is 1. The third-order valence-corrected chi connectivity index (χ3v) is 4.56. The largest absolute Gasteiger partial charge is 0.361 e. The lowest BCUT2D eigenvalue weighted by molar-refractivity contribution is 0.383. The van der Waals surface area contributed by atoms with Crippen LogP contribution in [-0.4, -0.2) is 18.1 Å². The molecule has 2 aromatic rings. The van der Waals surface area contributed by atoms with E-state index < -0.39 is 0 Å². The maximum Gasteiger partial charge on any atom is 0.0456 e. The van der Waals surface area contributed by atoms with Crippen LogP contribution in [0.2, 0.25) is 0 Å². The normalized spacial score (nSPS) is 22.5. The molecule has 0 fully saturated rings. The number of rotatable bonds is 5. The Morgan fingerprint density at radius 3 is 3.00 bits per heavy atom. The number of allylic oxidation sites excluding steroid dienone is 2. The van der Waals surface area contributed by atoms with E-state index in [0.29, 0.717) is 0 Å². The molecule has 2 heteroatoms. The number of hydrogen-bond donors (Lipinski definition) is 2. The van der Waals surface area contributed by atoms with E-state index in [1.54, 1.807) is 5.57 Å². The van der Waals surface area contributed by atoms with Gasteiger partial charge in [-0.15, -0.1) is 0 Å². The molecular formula is C19H26N2. The van der Waals surface area contributed by atoms with Gasteiger partial charge in [-0.3, -0.25) is 0 Å². The molecule has 2 atom stereocenters. The predicted molar refractivity (Wildman–Crippen MR) is 90.5 cm³/mol. The molecule has 0 amide bonds. The number of para-hydroxylation sites is 1. The van der Waals surface area contributed by atoms with Crippen molar-refractivity contribution in [3.05, 3.63) is 47.7 Å². The Morgan fingerprint density at radius 2 is 2.14 bits per heavy atom. The van der Waals surface area contributed by atoms with Crippen molar-refractivity contribution in [3.8, 4) is 0 Å². The van der Waals surface area contributed by atoms with Crippen LogP contribution >= 0.6 is 0 Å². The summed E-state index contributed by atoms with van der Waals surface area (Å²) >= 11 is 0. The van der Waals surface area contributed by atoms with Crippen molar-refractivity contribution < 1.29 is 0 Å². The van der Waals surface area contributed by atoms with Crippen molar-refractivity contribution in [1.82, 2.24) is 10.3 Å². The molecule has 21 heavy (non-hydrogen) atoms. The lowest BCUT2D eigenvalue weighted by Crippen LogP contribution is -2.27. The van der Waals surface area contributed by atoms with Crippen LogP contribution in [0, 0.1) is 11.8 Å². The average Bonchev–Trinajstić information content (AvgIpc) is 2.86. The Kier molecular flexibility index (Phi) is 4.45. The molecule has 112 valence electrons. The van der Waals surface area contributed by atoms with Crippen LogP contribution in [-0.2, 0) is 6.42 Å². The van der Waals surface area contributed by atoms with Gasteiger partial charge in [-0.25, -0.2) is 0 Å². The molecule has 0 aliphatic heterocycles. The van der Waals surface area contributed by atoms with Crippen molar-refractivity contribution in [2.75, 3.05) is 13.1 Å². The Bertz CT molecular complexity index is 623. The lowest BCUT2D eigenvalue weighted by atomic mass is 9.84. The fraction of sp³-hybridized carbons (Fsp3) is 0.474. The maximum absolute atomic E-state index is 3.66. The zero-order valence-corrected chi connectivity index (χ0v) is 13.2. The Morgan fingerprint density at radius 1 is 1.29 bits per heavy atom. The van der Waals surface area contributed by atoms with Crippen LogP contribution in [0.3, 0.4) is 0 Å². The lowest BCUT2D eigenvalue weighted by Gasteiger charge is -2.25. The smallest absolute Gasteiger partial charge is 0.0456 e. The van der Waals surface area contributed by atoms with Crippen molar-refractivity contribution in [1.29, 1.82) is 0 Å². The summed E-state index contributed by atoms with van der Waals surface area (Å²) < 4.78 is 0. The molecule has 0 bridgehead atoms. The highest BCUT2D eigenvalue weighted by molar-refractivity contribution is 5.83. The molecule has 0 radical (unpaired) electrons. The molecule has 1 aliphatic carbocycles. The van der Waals surface area contributed by atoms with Gasteiger partial charge in [0.2, 0.25) is 0 Å². The highest BCUT2D eigenvalue weighted by Crippen LogP contribution is 2.27. The highest BCUT2D eigenvalue weighted by atomic mass is 14.9. The second-order valence-electron chi connectivity index (χ2n) is 6.61. The monoisotopic (exact) mass is 282 g/mol. The minimum absolute atomic E-state index is 0.749. The molecule has 1 heterocycles. The standard InChI is InChI=1S/C19H26N2/c1-14-9-15(2)11-16(10-14)12-20-8-7-17-13-21-19-6-4-3-5-18(17)19/h3-6,9,13-14,16,20-21H,7-8,10-12H2,1-2H3. The summed E-state index contributed by atoms with van der Waals surface area (Å²) in [5.41, 5.74) is 4.23. The van der Waals surface area contributed by atoms with Crippen LogP contribution in [0.4, 0.5) is 0 Å². The SMILES string of the molecule is CC1=CC(C)CC(CNCCc2c[nH]c3ccccc23)C1. The van der Waals surface area contributed by atoms with Crippen molar-refractivity contribution >= 4 is 10.9 Å². The Hall–Kier alpha value is -1.54. The average molecular weight is 282 g/mol. The molecule has 2 N–H and O–H groups in total. The summed E-state index contributed by atoms with van der Waals surface area (Å²) in [5, 5.41) is 5.02. The highest BCUT2D eigenvalue weighted by Gasteiger charge is 2.17. The summed E-state index contributed by atoms with van der Waals surface area (Å²) in [6, 6.07) is 8.55. The topological polar surface area (TPSA) is 27.8 Å². The first kappa shape index (κ1) is 14.4. The Labute approximate surface area is 127 Å². The van der Waals surface area contributed by atoms with Gasteiger partial charge in [-0.2, -0.15) is 0 Å². The molecule has 0 spiro atoms. The van der Waals surface area contributed by atoms with Crippen LogP contribution in [0.5, 0.6) is 0 Å². The van der Waals surface area contributed by atoms with Crippen LogP contribution in [0.15, 0.2) is 42.1 Å². The molecule has 1 aromatic heterocycles. The maximum atomic E-state index is 3.66. The first-order valence-corrected chi connectivity index (χ1v) is 8.15. The second kappa shape index (κ2) is 6.48. The zero-order chi connectivity index (χ0) is 14.7. The number of aromatic amines is 1. The summed E-state index contributed by atoms with van der Waals surface area (Å²) in [6.45, 7) is 6.82. The molecule has 1 aliphatic rings. The van der Waals surface area contributed by atoms with E-state index in [4.69, 9.17) is 0 Å². The van der Waals surface area contributed by atoms with Crippen molar-refractivity contribution in [3.63, 3.8) is 0 Å². The van der Waals surface area contributed by atoms with Gasteiger partial charge in [0.15, 0.2) is 0 Å². The van der Waals surface area contributed by atoms with E-state index in [-0.39, 0.29) is 0 Å². The van der Waals surface area contributed by atoms with E-state index in [2.05, 4.69) is 60.7 Å².